The predicted molar refractivity (Wildman–Crippen MR) is 70.1 cm³/mol. The molecule has 0 aliphatic rings. The van der Waals surface area contributed by atoms with Crippen LogP contribution < -0.4 is 10.2 Å². The van der Waals surface area contributed by atoms with Gasteiger partial charge < -0.3 is 4.98 Å². The number of aromatic amines is 1. The highest BCUT2D eigenvalue weighted by Gasteiger charge is 2.17. The first kappa shape index (κ1) is 13.4. The van der Waals surface area contributed by atoms with Crippen molar-refractivity contribution in [1.82, 2.24) is 14.7 Å². The van der Waals surface area contributed by atoms with Gasteiger partial charge in [0.1, 0.15) is 4.90 Å². The maximum Gasteiger partial charge on any atom is 0.246 e. The number of hydrogen-bond acceptors (Lipinski definition) is 4. The molecule has 100 valence electrons. The summed E-state index contributed by atoms with van der Waals surface area (Å²) < 4.78 is 26.3. The van der Waals surface area contributed by atoms with Crippen LogP contribution in [0.4, 0.5) is 0 Å². The summed E-state index contributed by atoms with van der Waals surface area (Å²) in [6.45, 7) is 1.88. The van der Waals surface area contributed by atoms with Crippen molar-refractivity contribution >= 4 is 10.0 Å². The van der Waals surface area contributed by atoms with E-state index in [2.05, 4.69) is 14.7 Å². The van der Waals surface area contributed by atoms with Crippen LogP contribution in [0.2, 0.25) is 0 Å². The molecule has 0 fully saturated rings. The Morgan fingerprint density at radius 1 is 1.37 bits per heavy atom. The van der Waals surface area contributed by atoms with E-state index in [-0.39, 0.29) is 11.4 Å². The zero-order valence-corrected chi connectivity index (χ0v) is 11.1. The second-order valence-electron chi connectivity index (χ2n) is 3.96. The summed E-state index contributed by atoms with van der Waals surface area (Å²) in [5, 5.41) is 0. The monoisotopic (exact) mass is 279 g/mol. The number of nitrogens with zero attached hydrogens (tertiary/aromatic N) is 1. The molecule has 0 aromatic carbocycles. The predicted octanol–water partition coefficient (Wildman–Crippen LogP) is 0.557. The Morgan fingerprint density at radius 3 is 2.84 bits per heavy atom. The quantitative estimate of drug-likeness (QED) is 0.855. The van der Waals surface area contributed by atoms with Crippen LogP contribution in [0.1, 0.15) is 11.3 Å². The van der Waals surface area contributed by atoms with Crippen molar-refractivity contribution in [1.29, 1.82) is 0 Å². The number of aryl methyl sites for hydroxylation is 1. The molecule has 0 saturated carbocycles. The van der Waals surface area contributed by atoms with E-state index in [0.29, 0.717) is 5.69 Å². The Kier molecular flexibility index (Phi) is 3.77. The summed E-state index contributed by atoms with van der Waals surface area (Å²) in [5.41, 5.74) is 0.953. The van der Waals surface area contributed by atoms with Gasteiger partial charge in [-0.1, -0.05) is 6.07 Å². The van der Waals surface area contributed by atoms with Gasteiger partial charge in [0, 0.05) is 24.7 Å². The zero-order valence-electron chi connectivity index (χ0n) is 10.3. The van der Waals surface area contributed by atoms with Crippen LogP contribution in [0.15, 0.2) is 46.5 Å². The standard InChI is InChI=1S/C12H13N3O3S/c1-9-3-2-5-14-10(9)7-15-19(17,18)12-8-13-6-4-11(12)16/h2-6,8,15H,7H2,1H3,(H,13,16). The van der Waals surface area contributed by atoms with E-state index < -0.39 is 15.5 Å². The van der Waals surface area contributed by atoms with Gasteiger partial charge in [0.05, 0.1) is 12.2 Å². The molecule has 0 atom stereocenters. The summed E-state index contributed by atoms with van der Waals surface area (Å²) >= 11 is 0. The lowest BCUT2D eigenvalue weighted by Crippen LogP contribution is -2.28. The second kappa shape index (κ2) is 5.33. The van der Waals surface area contributed by atoms with E-state index in [1.807, 2.05) is 13.0 Å². The summed E-state index contributed by atoms with van der Waals surface area (Å²) in [6.07, 6.45) is 4.13. The lowest BCUT2D eigenvalue weighted by molar-refractivity contribution is 0.579. The van der Waals surface area contributed by atoms with E-state index in [4.69, 9.17) is 0 Å². The Morgan fingerprint density at radius 2 is 2.16 bits per heavy atom. The topological polar surface area (TPSA) is 91.9 Å². The molecule has 7 heteroatoms. The van der Waals surface area contributed by atoms with E-state index in [0.717, 1.165) is 11.8 Å². The molecule has 19 heavy (non-hydrogen) atoms. The van der Waals surface area contributed by atoms with Crippen molar-refractivity contribution in [2.24, 2.45) is 0 Å². The molecule has 0 amide bonds. The van der Waals surface area contributed by atoms with E-state index >= 15 is 0 Å². The first-order valence-corrected chi connectivity index (χ1v) is 7.06. The van der Waals surface area contributed by atoms with E-state index in [9.17, 15) is 13.2 Å². The number of hydrogen-bond donors (Lipinski definition) is 2. The van der Waals surface area contributed by atoms with Crippen LogP contribution in [0.5, 0.6) is 0 Å². The number of H-pyrrole nitrogens is 1. The van der Waals surface area contributed by atoms with Gasteiger partial charge in [0.15, 0.2) is 0 Å². The number of pyridine rings is 2. The van der Waals surface area contributed by atoms with Crippen LogP contribution in [-0.2, 0) is 16.6 Å². The SMILES string of the molecule is Cc1cccnc1CNS(=O)(=O)c1c[nH]ccc1=O. The number of aromatic nitrogens is 2. The Balaban J connectivity index is 2.22. The van der Waals surface area contributed by atoms with Crippen molar-refractivity contribution in [2.45, 2.75) is 18.4 Å². The first-order valence-electron chi connectivity index (χ1n) is 5.58. The van der Waals surface area contributed by atoms with E-state index in [1.54, 1.807) is 12.3 Å². The van der Waals surface area contributed by atoms with Gasteiger partial charge in [-0.2, -0.15) is 0 Å². The van der Waals surface area contributed by atoms with Gasteiger partial charge in [-0.15, -0.1) is 0 Å². The zero-order chi connectivity index (χ0) is 13.9. The second-order valence-corrected chi connectivity index (χ2v) is 5.70. The lowest BCUT2D eigenvalue weighted by Gasteiger charge is -2.07. The molecule has 0 spiro atoms. The third-order valence-electron chi connectivity index (χ3n) is 2.63. The third-order valence-corrected chi connectivity index (χ3v) is 4.05. The number of nitrogens with one attached hydrogen (secondary N) is 2. The molecule has 6 nitrogen and oxygen atoms in total. The Hall–Kier alpha value is -1.99. The van der Waals surface area contributed by atoms with Crippen LogP contribution in [0, 0.1) is 6.92 Å². The summed E-state index contributed by atoms with van der Waals surface area (Å²) in [7, 11) is -3.84. The molecule has 0 bridgehead atoms. The molecular formula is C12H13N3O3S. The fraction of sp³-hybridized carbons (Fsp3) is 0.167. The third kappa shape index (κ3) is 3.07. The fourth-order valence-corrected chi connectivity index (χ4v) is 2.59. The highest BCUT2D eigenvalue weighted by Crippen LogP contribution is 2.05. The molecule has 0 saturated heterocycles. The van der Waals surface area contributed by atoms with Gasteiger partial charge in [0.2, 0.25) is 15.5 Å². The fourth-order valence-electron chi connectivity index (χ4n) is 1.56. The normalized spacial score (nSPS) is 11.4. The molecule has 2 aromatic rings. The molecule has 0 aliphatic heterocycles. The maximum atomic E-state index is 12.0. The average Bonchev–Trinajstić information content (AvgIpc) is 2.38. The van der Waals surface area contributed by atoms with Crippen molar-refractivity contribution in [3.63, 3.8) is 0 Å². The average molecular weight is 279 g/mol. The molecule has 2 rings (SSSR count). The molecule has 2 heterocycles. The highest BCUT2D eigenvalue weighted by molar-refractivity contribution is 7.89. The van der Waals surface area contributed by atoms with Crippen LogP contribution in [-0.4, -0.2) is 18.4 Å². The Labute approximate surface area is 110 Å². The van der Waals surface area contributed by atoms with Gasteiger partial charge in [0.25, 0.3) is 0 Å². The smallest absolute Gasteiger partial charge is 0.246 e. The number of rotatable bonds is 4. The highest BCUT2D eigenvalue weighted by atomic mass is 32.2. The van der Waals surface area contributed by atoms with Crippen molar-refractivity contribution in [3.8, 4) is 0 Å². The summed E-state index contributed by atoms with van der Waals surface area (Å²) in [5.74, 6) is 0. The maximum absolute atomic E-state index is 12.0. The minimum absolute atomic E-state index is 0.0450. The minimum Gasteiger partial charge on any atom is -0.366 e. The van der Waals surface area contributed by atoms with Crippen molar-refractivity contribution < 1.29 is 8.42 Å². The van der Waals surface area contributed by atoms with Gasteiger partial charge >= 0.3 is 0 Å². The number of sulfonamides is 1. The van der Waals surface area contributed by atoms with Gasteiger partial charge in [-0.05, 0) is 18.6 Å². The Bertz CT molecular complexity index is 738. The lowest BCUT2D eigenvalue weighted by atomic mass is 10.2. The van der Waals surface area contributed by atoms with Crippen molar-refractivity contribution in [3.05, 3.63) is 58.3 Å². The van der Waals surface area contributed by atoms with Crippen molar-refractivity contribution in [2.75, 3.05) is 0 Å². The molecule has 0 radical (unpaired) electrons. The minimum atomic E-state index is -3.84. The largest absolute Gasteiger partial charge is 0.366 e. The van der Waals surface area contributed by atoms with E-state index in [1.165, 1.54) is 12.3 Å². The summed E-state index contributed by atoms with van der Waals surface area (Å²) in [6, 6.07) is 4.78. The van der Waals surface area contributed by atoms with Gasteiger partial charge in [-0.25, -0.2) is 13.1 Å². The molecular weight excluding hydrogens is 266 g/mol. The molecule has 0 aliphatic carbocycles. The van der Waals surface area contributed by atoms with Gasteiger partial charge in [-0.3, -0.25) is 9.78 Å². The first-order chi connectivity index (χ1) is 9.00. The molecule has 0 unspecified atom stereocenters. The van der Waals surface area contributed by atoms with Crippen LogP contribution in [0.25, 0.3) is 0 Å². The molecule has 2 N–H and O–H groups in total. The molecule has 2 aromatic heterocycles. The summed E-state index contributed by atoms with van der Waals surface area (Å²) in [4.78, 5) is 17.9. The van der Waals surface area contributed by atoms with Crippen LogP contribution >= 0.6 is 0 Å². The van der Waals surface area contributed by atoms with Crippen LogP contribution in [0.3, 0.4) is 0 Å².